The van der Waals surface area contributed by atoms with Gasteiger partial charge in [-0.15, -0.1) is 0 Å². The highest BCUT2D eigenvalue weighted by molar-refractivity contribution is 7.95. The maximum atomic E-state index is 11.9. The van der Waals surface area contributed by atoms with Gasteiger partial charge in [0.25, 0.3) is 0 Å². The molecule has 0 bridgehead atoms. The van der Waals surface area contributed by atoms with E-state index in [0.29, 0.717) is 18.2 Å². The molecular weight excluding hydrogens is 402 g/mol. The van der Waals surface area contributed by atoms with Crippen LogP contribution >= 0.6 is 0 Å². The summed E-state index contributed by atoms with van der Waals surface area (Å²) in [5.74, 6) is 1.01. The molecule has 0 unspecified atom stereocenters. The van der Waals surface area contributed by atoms with Gasteiger partial charge >= 0.3 is 6.09 Å². The molecule has 1 aromatic rings. The summed E-state index contributed by atoms with van der Waals surface area (Å²) in [6, 6.07) is 4.20. The molecule has 0 saturated carbocycles. The Morgan fingerprint density at radius 2 is 1.82 bits per heavy atom. The van der Waals surface area contributed by atoms with E-state index in [9.17, 15) is 17.8 Å². The smallest absolute Gasteiger partial charge is 0.412 e. The summed E-state index contributed by atoms with van der Waals surface area (Å²) < 4.78 is 36.6. The molecule has 7 nitrogen and oxygen atoms in total. The van der Waals surface area contributed by atoms with Crippen molar-refractivity contribution in [2.24, 2.45) is 0 Å². The second-order valence-electron chi connectivity index (χ2n) is 6.73. The summed E-state index contributed by atoms with van der Waals surface area (Å²) in [6.45, 7) is 9.16. The zero-order valence-corrected chi connectivity index (χ0v) is 19.5. The first kappa shape index (κ1) is 26.7. The molecule has 0 aliphatic carbocycles. The standard InChI is InChI=1S/C18H29NO2S.CH4O4S/c1-7-8-9-10-19-18(20)21-16-11-14(4)17(22(5)6)12-15(16)13(2)3;1-5-6(2,3)4/h11-13H,7-10H2,1-6H3;1H3,(H,2,3,4). The molecule has 0 spiro atoms. The van der Waals surface area contributed by atoms with E-state index in [4.69, 9.17) is 4.74 Å². The molecule has 9 heteroatoms. The van der Waals surface area contributed by atoms with Crippen LogP contribution in [-0.2, 0) is 25.5 Å². The Morgan fingerprint density at radius 3 is 2.25 bits per heavy atom. The van der Waals surface area contributed by atoms with E-state index in [1.807, 2.05) is 6.07 Å². The van der Waals surface area contributed by atoms with E-state index in [0.717, 1.165) is 31.9 Å². The van der Waals surface area contributed by atoms with Crippen molar-refractivity contribution in [1.29, 1.82) is 0 Å². The second-order valence-corrected chi connectivity index (χ2v) is 9.95. The first-order valence-electron chi connectivity index (χ1n) is 9.12. The Kier molecular flexibility index (Phi) is 12.4. The highest BCUT2D eigenvalue weighted by atomic mass is 32.3. The van der Waals surface area contributed by atoms with Gasteiger partial charge in [0.2, 0.25) is 10.4 Å². The number of nitrogens with one attached hydrogen (secondary N) is 1. The van der Waals surface area contributed by atoms with Gasteiger partial charge in [-0.05, 0) is 25.3 Å². The topological polar surface area (TPSA) is 105 Å². The zero-order valence-electron chi connectivity index (χ0n) is 17.8. The number of unbranched alkanes of at least 4 members (excludes halogenated alkanes) is 2. The van der Waals surface area contributed by atoms with Crippen LogP contribution in [0.25, 0.3) is 0 Å². The van der Waals surface area contributed by atoms with E-state index in [1.165, 1.54) is 10.5 Å². The lowest BCUT2D eigenvalue weighted by molar-refractivity contribution is 0.199. The third kappa shape index (κ3) is 10.9. The minimum atomic E-state index is -4.41. The number of benzene rings is 1. The van der Waals surface area contributed by atoms with Crippen LogP contribution in [0.3, 0.4) is 0 Å². The molecule has 28 heavy (non-hydrogen) atoms. The molecule has 1 N–H and O–H groups in total. The lowest BCUT2D eigenvalue weighted by atomic mass is 10.0. The Bertz CT molecular complexity index is 717. The van der Waals surface area contributed by atoms with Crippen molar-refractivity contribution in [2.45, 2.75) is 57.8 Å². The van der Waals surface area contributed by atoms with Gasteiger partial charge < -0.3 is 14.6 Å². The molecule has 1 aromatic carbocycles. The Balaban J connectivity index is 0.00000105. The lowest BCUT2D eigenvalue weighted by Gasteiger charge is -2.15. The van der Waals surface area contributed by atoms with Crippen molar-refractivity contribution in [3.05, 3.63) is 23.3 Å². The van der Waals surface area contributed by atoms with Crippen molar-refractivity contribution < 1.29 is 26.7 Å². The van der Waals surface area contributed by atoms with Crippen LogP contribution in [0, 0.1) is 6.92 Å². The molecule has 0 aromatic heterocycles. The zero-order chi connectivity index (χ0) is 21.9. The van der Waals surface area contributed by atoms with Gasteiger partial charge in [-0.25, -0.2) is 13.2 Å². The van der Waals surface area contributed by atoms with Crippen LogP contribution in [-0.4, -0.2) is 45.2 Å². The average Bonchev–Trinajstić information content (AvgIpc) is 2.58. The number of aryl methyl sites for hydroxylation is 1. The fraction of sp³-hybridized carbons (Fsp3) is 0.632. The van der Waals surface area contributed by atoms with Crippen molar-refractivity contribution in [1.82, 2.24) is 5.32 Å². The molecular formula is C19H33NO6S2. The van der Waals surface area contributed by atoms with E-state index in [2.05, 4.69) is 55.8 Å². The Hall–Kier alpha value is -1.29. The molecule has 0 fully saturated rings. The molecule has 1 rings (SSSR count). The molecule has 0 radical (unpaired) electrons. The molecule has 162 valence electrons. The van der Waals surface area contributed by atoms with Crippen LogP contribution in [0.1, 0.15) is 57.1 Å². The van der Waals surface area contributed by atoms with Gasteiger partial charge in [0.1, 0.15) is 18.3 Å². The van der Waals surface area contributed by atoms with Gasteiger partial charge in [-0.1, -0.05) is 33.6 Å². The van der Waals surface area contributed by atoms with Crippen LogP contribution in [0.15, 0.2) is 17.0 Å². The molecule has 0 saturated heterocycles. The summed E-state index contributed by atoms with van der Waals surface area (Å²) in [5.41, 5.74) is 2.29. The summed E-state index contributed by atoms with van der Waals surface area (Å²) in [4.78, 5) is 13.3. The van der Waals surface area contributed by atoms with Crippen molar-refractivity contribution in [3.8, 4) is 5.75 Å². The normalized spacial score (nSPS) is 11.2. The molecule has 0 heterocycles. The number of carbonyl (C=O) groups is 1. The number of carbonyl (C=O) groups excluding carboxylic acids is 1. The number of rotatable bonds is 8. The highest BCUT2D eigenvalue weighted by Gasteiger charge is 2.20. The maximum absolute atomic E-state index is 11.9. The van der Waals surface area contributed by atoms with Crippen LogP contribution in [0.5, 0.6) is 5.75 Å². The first-order valence-corrected chi connectivity index (χ1v) is 12.5. The number of amides is 1. The van der Waals surface area contributed by atoms with Gasteiger partial charge in [-0.3, -0.25) is 4.18 Å². The fourth-order valence-corrected chi connectivity index (χ4v) is 3.42. The monoisotopic (exact) mass is 435 g/mol. The van der Waals surface area contributed by atoms with Gasteiger partial charge in [0.05, 0.1) is 7.11 Å². The largest absolute Gasteiger partial charge is 0.726 e. The van der Waals surface area contributed by atoms with Gasteiger partial charge in [0, 0.05) is 34.6 Å². The maximum Gasteiger partial charge on any atom is 0.412 e. The minimum absolute atomic E-state index is 0.198. The van der Waals surface area contributed by atoms with E-state index >= 15 is 0 Å². The number of hydrogen-bond donors (Lipinski definition) is 1. The van der Waals surface area contributed by atoms with E-state index in [1.54, 1.807) is 0 Å². The van der Waals surface area contributed by atoms with E-state index in [-0.39, 0.29) is 17.0 Å². The van der Waals surface area contributed by atoms with Crippen LogP contribution in [0.4, 0.5) is 4.79 Å². The van der Waals surface area contributed by atoms with E-state index < -0.39 is 10.4 Å². The predicted molar refractivity (Wildman–Crippen MR) is 113 cm³/mol. The fourth-order valence-electron chi connectivity index (χ4n) is 2.36. The minimum Gasteiger partial charge on any atom is -0.726 e. The summed E-state index contributed by atoms with van der Waals surface area (Å²) in [5, 5.41) is 2.83. The predicted octanol–water partition coefficient (Wildman–Crippen LogP) is 3.73. The third-order valence-electron chi connectivity index (χ3n) is 3.83. The number of ether oxygens (including phenoxy) is 1. The first-order chi connectivity index (χ1) is 12.9. The molecule has 1 amide bonds. The molecule has 0 aliphatic rings. The summed E-state index contributed by atoms with van der Waals surface area (Å²) >= 11 is 0. The Morgan fingerprint density at radius 1 is 1.25 bits per heavy atom. The van der Waals surface area contributed by atoms with Crippen molar-refractivity contribution in [3.63, 3.8) is 0 Å². The average molecular weight is 436 g/mol. The summed E-state index contributed by atoms with van der Waals surface area (Å²) in [7, 11) is -3.41. The van der Waals surface area contributed by atoms with Gasteiger partial charge in [0.15, 0.2) is 4.90 Å². The third-order valence-corrected chi connectivity index (χ3v) is 5.55. The van der Waals surface area contributed by atoms with Crippen molar-refractivity contribution >= 4 is 27.4 Å². The lowest BCUT2D eigenvalue weighted by Crippen LogP contribution is -2.28. The molecule has 0 aliphatic heterocycles. The second kappa shape index (κ2) is 13.0. The Labute approximate surface area is 172 Å². The van der Waals surface area contributed by atoms with Crippen LogP contribution < -0.4 is 10.1 Å². The highest BCUT2D eigenvalue weighted by Crippen LogP contribution is 2.32. The molecule has 0 atom stereocenters. The van der Waals surface area contributed by atoms with Gasteiger partial charge in [-0.2, -0.15) is 0 Å². The SMILES string of the molecule is CCCCCNC(=O)Oc1cc(C)c([S+](C)C)cc1C(C)C.COS(=O)(=O)[O-]. The van der Waals surface area contributed by atoms with Crippen LogP contribution in [0.2, 0.25) is 0 Å². The summed E-state index contributed by atoms with van der Waals surface area (Å²) in [6.07, 6.45) is 7.35. The number of hydrogen-bond acceptors (Lipinski definition) is 6. The van der Waals surface area contributed by atoms with Crippen molar-refractivity contribution in [2.75, 3.05) is 26.2 Å². The quantitative estimate of drug-likeness (QED) is 0.289.